The molecule has 1 amide bonds. The van der Waals surface area contributed by atoms with Crippen LogP contribution in [-0.4, -0.2) is 40.4 Å². The predicted octanol–water partition coefficient (Wildman–Crippen LogP) is -0.140. The van der Waals surface area contributed by atoms with E-state index in [1.807, 2.05) is 0 Å². The largest absolute Gasteiger partial charge is 0.394 e. The topological polar surface area (TPSA) is 85.3 Å². The molecule has 1 heterocycles. The molecule has 14 heavy (non-hydrogen) atoms. The highest BCUT2D eigenvalue weighted by molar-refractivity contribution is 9.10. The van der Waals surface area contributed by atoms with Crippen LogP contribution < -0.4 is 5.32 Å². The Labute approximate surface area is 89.3 Å². The SMILES string of the molecule is O=C(NC(CO)CO)c1cc(Br)c[nH]1. The maximum atomic E-state index is 11.4. The minimum atomic E-state index is -0.621. The number of aliphatic hydroxyl groups excluding tert-OH is 2. The van der Waals surface area contributed by atoms with Crippen molar-refractivity contribution in [2.24, 2.45) is 0 Å². The highest BCUT2D eigenvalue weighted by atomic mass is 79.9. The van der Waals surface area contributed by atoms with E-state index in [4.69, 9.17) is 10.2 Å². The Balaban J connectivity index is 2.58. The van der Waals surface area contributed by atoms with Crippen LogP contribution >= 0.6 is 15.9 Å². The van der Waals surface area contributed by atoms with Crippen molar-refractivity contribution in [1.29, 1.82) is 0 Å². The first kappa shape index (κ1) is 11.2. The average molecular weight is 263 g/mol. The van der Waals surface area contributed by atoms with Crippen LogP contribution in [0.5, 0.6) is 0 Å². The van der Waals surface area contributed by atoms with Gasteiger partial charge in [0, 0.05) is 10.7 Å². The van der Waals surface area contributed by atoms with E-state index >= 15 is 0 Å². The van der Waals surface area contributed by atoms with Gasteiger partial charge in [-0.15, -0.1) is 0 Å². The molecule has 0 aliphatic heterocycles. The minimum Gasteiger partial charge on any atom is -0.394 e. The summed E-state index contributed by atoms with van der Waals surface area (Å²) in [6.45, 7) is -0.575. The molecule has 0 aromatic carbocycles. The third-order valence-electron chi connectivity index (χ3n) is 1.67. The van der Waals surface area contributed by atoms with Gasteiger partial charge in [-0.2, -0.15) is 0 Å². The molecule has 0 atom stereocenters. The monoisotopic (exact) mass is 262 g/mol. The summed E-state index contributed by atoms with van der Waals surface area (Å²) in [5, 5.41) is 19.9. The van der Waals surface area contributed by atoms with Crippen LogP contribution in [0, 0.1) is 0 Å². The molecule has 6 heteroatoms. The molecular weight excluding hydrogens is 252 g/mol. The van der Waals surface area contributed by atoms with Gasteiger partial charge in [0.1, 0.15) is 5.69 Å². The number of amides is 1. The molecule has 0 spiro atoms. The lowest BCUT2D eigenvalue weighted by Gasteiger charge is -2.11. The van der Waals surface area contributed by atoms with Gasteiger partial charge in [-0.3, -0.25) is 4.79 Å². The summed E-state index contributed by atoms with van der Waals surface area (Å²) in [7, 11) is 0. The second-order valence-corrected chi connectivity index (χ2v) is 3.68. The Morgan fingerprint density at radius 3 is 2.64 bits per heavy atom. The van der Waals surface area contributed by atoms with Crippen molar-refractivity contribution >= 4 is 21.8 Å². The van der Waals surface area contributed by atoms with E-state index in [0.29, 0.717) is 5.69 Å². The molecule has 78 valence electrons. The molecule has 1 aromatic heterocycles. The van der Waals surface area contributed by atoms with Crippen molar-refractivity contribution in [3.05, 3.63) is 22.4 Å². The fourth-order valence-electron chi connectivity index (χ4n) is 0.911. The maximum absolute atomic E-state index is 11.4. The van der Waals surface area contributed by atoms with Gasteiger partial charge in [-0.25, -0.2) is 0 Å². The van der Waals surface area contributed by atoms with E-state index in [0.717, 1.165) is 4.47 Å². The number of nitrogens with one attached hydrogen (secondary N) is 2. The zero-order valence-electron chi connectivity index (χ0n) is 7.33. The number of H-pyrrole nitrogens is 1. The fourth-order valence-corrected chi connectivity index (χ4v) is 1.25. The van der Waals surface area contributed by atoms with Crippen LogP contribution in [-0.2, 0) is 0 Å². The molecule has 4 N–H and O–H groups in total. The molecule has 0 saturated heterocycles. The Morgan fingerprint density at radius 2 is 2.21 bits per heavy atom. The van der Waals surface area contributed by atoms with Gasteiger partial charge in [0.15, 0.2) is 0 Å². The number of carbonyl (C=O) groups excluding carboxylic acids is 1. The van der Waals surface area contributed by atoms with Crippen molar-refractivity contribution in [3.8, 4) is 0 Å². The lowest BCUT2D eigenvalue weighted by Crippen LogP contribution is -2.40. The van der Waals surface area contributed by atoms with Crippen LogP contribution in [0.3, 0.4) is 0 Å². The van der Waals surface area contributed by atoms with Crippen molar-refractivity contribution in [2.75, 3.05) is 13.2 Å². The summed E-state index contributed by atoms with van der Waals surface area (Å²) in [4.78, 5) is 14.1. The number of rotatable bonds is 4. The Kier molecular flexibility index (Phi) is 4.12. The van der Waals surface area contributed by atoms with Gasteiger partial charge in [0.2, 0.25) is 0 Å². The van der Waals surface area contributed by atoms with Crippen molar-refractivity contribution in [2.45, 2.75) is 6.04 Å². The van der Waals surface area contributed by atoms with Gasteiger partial charge in [0.25, 0.3) is 5.91 Å². The van der Waals surface area contributed by atoms with E-state index in [9.17, 15) is 4.79 Å². The Hall–Kier alpha value is -0.850. The molecule has 0 fully saturated rings. The molecule has 0 radical (unpaired) electrons. The molecule has 1 rings (SSSR count). The number of halogens is 1. The molecule has 0 bridgehead atoms. The second-order valence-electron chi connectivity index (χ2n) is 2.77. The lowest BCUT2D eigenvalue weighted by atomic mass is 10.3. The highest BCUT2D eigenvalue weighted by Crippen LogP contribution is 2.10. The van der Waals surface area contributed by atoms with E-state index in [1.54, 1.807) is 12.3 Å². The summed E-state index contributed by atoms with van der Waals surface area (Å²) >= 11 is 3.19. The maximum Gasteiger partial charge on any atom is 0.268 e. The van der Waals surface area contributed by atoms with Crippen LogP contribution in [0.2, 0.25) is 0 Å². The van der Waals surface area contributed by atoms with Crippen molar-refractivity contribution in [1.82, 2.24) is 10.3 Å². The third kappa shape index (κ3) is 2.83. The zero-order valence-corrected chi connectivity index (χ0v) is 8.91. The highest BCUT2D eigenvalue weighted by Gasteiger charge is 2.12. The van der Waals surface area contributed by atoms with Crippen LogP contribution in [0.1, 0.15) is 10.5 Å². The number of aromatic amines is 1. The first-order valence-corrected chi connectivity index (χ1v) is 4.83. The van der Waals surface area contributed by atoms with Crippen LogP contribution in [0.25, 0.3) is 0 Å². The first-order valence-electron chi connectivity index (χ1n) is 4.04. The van der Waals surface area contributed by atoms with Gasteiger partial charge < -0.3 is 20.5 Å². The standard InChI is InChI=1S/C8H11BrN2O3/c9-5-1-7(10-2-5)8(14)11-6(3-12)4-13/h1-2,6,10,12-13H,3-4H2,(H,11,14). The van der Waals surface area contributed by atoms with Gasteiger partial charge in [-0.05, 0) is 22.0 Å². The summed E-state index contributed by atoms with van der Waals surface area (Å²) < 4.78 is 0.771. The predicted molar refractivity (Wildman–Crippen MR) is 53.9 cm³/mol. The molecule has 1 aromatic rings. The number of aliphatic hydroxyl groups is 2. The molecule has 0 aliphatic carbocycles. The summed E-state index contributed by atoms with van der Waals surface area (Å²) in [6, 6.07) is 0.991. The molecule has 5 nitrogen and oxygen atoms in total. The minimum absolute atomic E-state index is 0.288. The molecule has 0 saturated carbocycles. The second kappa shape index (κ2) is 5.14. The van der Waals surface area contributed by atoms with Gasteiger partial charge >= 0.3 is 0 Å². The number of aromatic nitrogens is 1. The van der Waals surface area contributed by atoms with Gasteiger partial charge in [0.05, 0.1) is 19.3 Å². The molecule has 0 unspecified atom stereocenters. The lowest BCUT2D eigenvalue weighted by molar-refractivity contribution is 0.0875. The smallest absolute Gasteiger partial charge is 0.268 e. The quantitative estimate of drug-likeness (QED) is 0.610. The zero-order chi connectivity index (χ0) is 10.6. The van der Waals surface area contributed by atoms with Crippen LogP contribution in [0.15, 0.2) is 16.7 Å². The Bertz CT molecular complexity index is 309. The summed E-state index contributed by atoms with van der Waals surface area (Å²) in [5.74, 6) is -0.358. The average Bonchev–Trinajstić information content (AvgIpc) is 2.61. The number of carbonyl (C=O) groups is 1. The van der Waals surface area contributed by atoms with E-state index in [1.165, 1.54) is 0 Å². The summed E-state index contributed by atoms with van der Waals surface area (Å²) in [5.41, 5.74) is 0.378. The number of hydrogen-bond acceptors (Lipinski definition) is 3. The normalized spacial score (nSPS) is 10.6. The summed E-state index contributed by atoms with van der Waals surface area (Å²) in [6.07, 6.45) is 1.63. The van der Waals surface area contributed by atoms with Gasteiger partial charge in [-0.1, -0.05) is 0 Å². The third-order valence-corrected chi connectivity index (χ3v) is 2.13. The number of hydrogen-bond donors (Lipinski definition) is 4. The van der Waals surface area contributed by atoms with E-state index in [2.05, 4.69) is 26.2 Å². The van der Waals surface area contributed by atoms with Crippen molar-refractivity contribution < 1.29 is 15.0 Å². The van der Waals surface area contributed by atoms with Crippen LogP contribution in [0.4, 0.5) is 0 Å². The fraction of sp³-hybridized carbons (Fsp3) is 0.375. The molecular formula is C8H11BrN2O3. The van der Waals surface area contributed by atoms with E-state index < -0.39 is 6.04 Å². The first-order chi connectivity index (χ1) is 6.67. The van der Waals surface area contributed by atoms with Crippen molar-refractivity contribution in [3.63, 3.8) is 0 Å². The Morgan fingerprint density at radius 1 is 1.57 bits per heavy atom. The molecule has 0 aliphatic rings. The van der Waals surface area contributed by atoms with E-state index in [-0.39, 0.29) is 19.1 Å².